The van der Waals surface area contributed by atoms with Crippen molar-refractivity contribution in [1.82, 2.24) is 9.62 Å². The summed E-state index contributed by atoms with van der Waals surface area (Å²) in [6.45, 7) is 2.91. The highest BCUT2D eigenvalue weighted by Gasteiger charge is 2.49. The van der Waals surface area contributed by atoms with Crippen molar-refractivity contribution in [2.45, 2.75) is 55.1 Å². The summed E-state index contributed by atoms with van der Waals surface area (Å²) in [6, 6.07) is 6.35. The summed E-state index contributed by atoms with van der Waals surface area (Å²) >= 11 is 0. The molecule has 1 aromatic rings. The fourth-order valence-corrected chi connectivity index (χ4v) is 5.21. The lowest BCUT2D eigenvalue weighted by atomic mass is 10.0. The van der Waals surface area contributed by atoms with Crippen LogP contribution in [0.4, 0.5) is 0 Å². The quantitative estimate of drug-likeness (QED) is 0.544. The highest BCUT2D eigenvalue weighted by molar-refractivity contribution is 7.89. The molecule has 2 fully saturated rings. The summed E-state index contributed by atoms with van der Waals surface area (Å²) < 4.78 is 38.9. The van der Waals surface area contributed by atoms with E-state index < -0.39 is 34.4 Å². The molecule has 5 atom stereocenters. The van der Waals surface area contributed by atoms with Crippen LogP contribution in [-0.4, -0.2) is 87.3 Å². The van der Waals surface area contributed by atoms with Gasteiger partial charge in [-0.15, -0.1) is 0 Å². The lowest BCUT2D eigenvalue weighted by Crippen LogP contribution is -2.53. The van der Waals surface area contributed by atoms with Gasteiger partial charge in [0.1, 0.15) is 12.2 Å². The zero-order chi connectivity index (χ0) is 20.3. The second-order valence-corrected chi connectivity index (χ2v) is 9.30. The third kappa shape index (κ3) is 4.56. The van der Waals surface area contributed by atoms with E-state index in [1.165, 1.54) is 0 Å². The number of hydrogen-bond donors (Lipinski definition) is 3. The van der Waals surface area contributed by atoms with Crippen molar-refractivity contribution in [3.63, 3.8) is 0 Å². The lowest BCUT2D eigenvalue weighted by molar-refractivity contribution is -0.0201. The maximum absolute atomic E-state index is 12.6. The Kier molecular flexibility index (Phi) is 7.08. The predicted octanol–water partition coefficient (Wildman–Crippen LogP) is -0.127. The van der Waals surface area contributed by atoms with E-state index in [0.29, 0.717) is 6.61 Å². The van der Waals surface area contributed by atoms with Crippen LogP contribution in [-0.2, 0) is 19.5 Å². The Bertz CT molecular complexity index is 741. The van der Waals surface area contributed by atoms with Crippen molar-refractivity contribution in [2.75, 3.05) is 33.4 Å². The number of methoxy groups -OCH3 is 1. The molecule has 0 aliphatic carbocycles. The minimum absolute atomic E-state index is 0.0185. The number of likely N-dealkylation sites (tertiary alicyclic amines) is 1. The van der Waals surface area contributed by atoms with Gasteiger partial charge in [0.25, 0.3) is 0 Å². The molecule has 0 bridgehead atoms. The maximum Gasteiger partial charge on any atom is 0.240 e. The van der Waals surface area contributed by atoms with E-state index in [1.807, 2.05) is 6.92 Å². The van der Waals surface area contributed by atoms with Crippen LogP contribution in [0.5, 0.6) is 0 Å². The molecule has 2 saturated heterocycles. The largest absolute Gasteiger partial charge is 0.394 e. The van der Waals surface area contributed by atoms with Crippen molar-refractivity contribution in [3.8, 4) is 0 Å². The Balaban J connectivity index is 1.74. The van der Waals surface area contributed by atoms with E-state index in [2.05, 4.69) is 9.62 Å². The Morgan fingerprint density at radius 2 is 2.00 bits per heavy atom. The summed E-state index contributed by atoms with van der Waals surface area (Å²) in [4.78, 5) is 2.32. The zero-order valence-electron chi connectivity index (χ0n) is 16.3. The van der Waals surface area contributed by atoms with E-state index in [9.17, 15) is 18.6 Å². The first kappa shape index (κ1) is 21.6. The first-order valence-corrected chi connectivity index (χ1v) is 11.1. The van der Waals surface area contributed by atoms with Crippen molar-refractivity contribution in [3.05, 3.63) is 29.8 Å². The van der Waals surface area contributed by atoms with Crippen LogP contribution in [0.3, 0.4) is 0 Å². The molecular formula is C19H30N2O6S. The molecular weight excluding hydrogens is 384 g/mol. The van der Waals surface area contributed by atoms with Gasteiger partial charge in [-0.2, -0.15) is 0 Å². The van der Waals surface area contributed by atoms with E-state index in [-0.39, 0.29) is 24.1 Å². The first-order chi connectivity index (χ1) is 13.4. The topological polar surface area (TPSA) is 108 Å². The van der Waals surface area contributed by atoms with E-state index >= 15 is 0 Å². The molecule has 158 valence electrons. The Hall–Kier alpha value is -1.07. The minimum atomic E-state index is -3.69. The van der Waals surface area contributed by atoms with Gasteiger partial charge < -0.3 is 19.7 Å². The molecule has 8 nitrogen and oxygen atoms in total. The van der Waals surface area contributed by atoms with Gasteiger partial charge in [-0.1, -0.05) is 17.7 Å². The first-order valence-electron chi connectivity index (χ1n) is 9.62. The van der Waals surface area contributed by atoms with Gasteiger partial charge in [0, 0.05) is 19.7 Å². The summed E-state index contributed by atoms with van der Waals surface area (Å²) in [5.74, 6) is 0. The third-order valence-corrected chi connectivity index (χ3v) is 7.05. The molecule has 0 saturated carbocycles. The summed E-state index contributed by atoms with van der Waals surface area (Å²) in [6.07, 6.45) is -0.269. The highest BCUT2D eigenvalue weighted by atomic mass is 32.2. The molecule has 1 aromatic carbocycles. The number of aliphatic hydroxyl groups is 2. The van der Waals surface area contributed by atoms with E-state index in [1.54, 1.807) is 31.4 Å². The van der Waals surface area contributed by atoms with Crippen LogP contribution >= 0.6 is 0 Å². The molecule has 3 rings (SSSR count). The SMILES string of the molecule is COC[C@H]1CCCN1[C@@H]1[C@H](O)[C@H](CO)O[C@@H]1CNS(=O)(=O)c1ccc(C)cc1. The molecule has 28 heavy (non-hydrogen) atoms. The van der Waals surface area contributed by atoms with Gasteiger partial charge in [-0.05, 0) is 38.4 Å². The number of nitrogens with zero attached hydrogens (tertiary/aromatic N) is 1. The molecule has 2 aliphatic rings. The van der Waals surface area contributed by atoms with Gasteiger partial charge in [-0.25, -0.2) is 13.1 Å². The number of benzene rings is 1. The maximum atomic E-state index is 12.6. The zero-order valence-corrected chi connectivity index (χ0v) is 17.1. The Morgan fingerprint density at radius 3 is 2.64 bits per heavy atom. The standard InChI is InChI=1S/C19H30N2O6S/c1-13-5-7-15(8-6-13)28(24,25)20-10-16-18(19(23)17(11-22)27-16)21-9-3-4-14(21)12-26-2/h5-8,14,16-20,22-23H,3-4,9-12H2,1-2H3/t14-,16-,17+,18+,19-/m1/s1. The lowest BCUT2D eigenvalue weighted by Gasteiger charge is -2.34. The second kappa shape index (κ2) is 9.17. The molecule has 0 spiro atoms. The smallest absolute Gasteiger partial charge is 0.240 e. The molecule has 0 unspecified atom stereocenters. The molecule has 9 heteroatoms. The van der Waals surface area contributed by atoms with Crippen LogP contribution in [0.25, 0.3) is 0 Å². The fraction of sp³-hybridized carbons (Fsp3) is 0.684. The molecule has 3 N–H and O–H groups in total. The minimum Gasteiger partial charge on any atom is -0.394 e. The second-order valence-electron chi connectivity index (χ2n) is 7.53. The van der Waals surface area contributed by atoms with E-state index in [0.717, 1.165) is 24.9 Å². The van der Waals surface area contributed by atoms with Crippen molar-refractivity contribution in [1.29, 1.82) is 0 Å². The Labute approximate surface area is 166 Å². The van der Waals surface area contributed by atoms with Gasteiger partial charge in [0.05, 0.1) is 30.3 Å². The summed E-state index contributed by atoms with van der Waals surface area (Å²) in [5, 5.41) is 20.2. The summed E-state index contributed by atoms with van der Waals surface area (Å²) in [7, 11) is -2.05. The van der Waals surface area contributed by atoms with Crippen molar-refractivity contribution >= 4 is 10.0 Å². The number of rotatable bonds is 8. The van der Waals surface area contributed by atoms with Crippen LogP contribution in [0.15, 0.2) is 29.2 Å². The predicted molar refractivity (Wildman–Crippen MR) is 104 cm³/mol. The molecule has 0 aromatic heterocycles. The third-order valence-electron chi connectivity index (χ3n) is 5.61. The number of hydrogen-bond acceptors (Lipinski definition) is 7. The van der Waals surface area contributed by atoms with Crippen molar-refractivity contribution in [2.24, 2.45) is 0 Å². The number of ether oxygens (including phenoxy) is 2. The van der Waals surface area contributed by atoms with Gasteiger partial charge in [-0.3, -0.25) is 4.90 Å². The molecule has 2 aliphatic heterocycles. The number of aliphatic hydroxyl groups excluding tert-OH is 2. The van der Waals surface area contributed by atoms with Gasteiger partial charge in [0.15, 0.2) is 0 Å². The average molecular weight is 415 g/mol. The average Bonchev–Trinajstić information content (AvgIpc) is 3.24. The number of sulfonamides is 1. The molecule has 2 heterocycles. The van der Waals surface area contributed by atoms with Gasteiger partial charge >= 0.3 is 0 Å². The van der Waals surface area contributed by atoms with Crippen LogP contribution in [0.1, 0.15) is 18.4 Å². The van der Waals surface area contributed by atoms with E-state index in [4.69, 9.17) is 9.47 Å². The van der Waals surface area contributed by atoms with Crippen molar-refractivity contribution < 1.29 is 28.1 Å². The Morgan fingerprint density at radius 1 is 1.29 bits per heavy atom. The fourth-order valence-electron chi connectivity index (χ4n) is 4.17. The van der Waals surface area contributed by atoms with Gasteiger partial charge in [0.2, 0.25) is 10.0 Å². The van der Waals surface area contributed by atoms with Crippen LogP contribution in [0.2, 0.25) is 0 Å². The normalized spacial score (nSPS) is 31.5. The van der Waals surface area contributed by atoms with Crippen LogP contribution in [0, 0.1) is 6.92 Å². The molecule has 0 amide bonds. The summed E-state index contributed by atoms with van der Waals surface area (Å²) in [5.41, 5.74) is 0.977. The molecule has 0 radical (unpaired) electrons. The highest BCUT2D eigenvalue weighted by Crippen LogP contribution is 2.31. The van der Waals surface area contributed by atoms with Crippen LogP contribution < -0.4 is 4.72 Å². The number of aryl methyl sites for hydroxylation is 1. The number of nitrogens with one attached hydrogen (secondary N) is 1. The monoisotopic (exact) mass is 414 g/mol.